The maximum atomic E-state index is 12.4. The van der Waals surface area contributed by atoms with Crippen LogP contribution in [0, 0.1) is 0 Å². The summed E-state index contributed by atoms with van der Waals surface area (Å²) in [6.45, 7) is 4.64. The largest absolute Gasteiger partial charge is 0.394 e. The zero-order chi connectivity index (χ0) is 41.4. The SMILES string of the molecule is CCCCCCCCCCCCCCCCCCCC(=O)CCCCCCCCCCCCCCC(=O)N[C@@H](CO)CCCCCCCCCCCCCCCC. The molecule has 0 rings (SSSR count). The van der Waals surface area contributed by atoms with Crippen LogP contribution >= 0.6 is 0 Å². The quantitative estimate of drug-likeness (QED) is 0.0602. The molecular formula is C53H105NO3. The highest BCUT2D eigenvalue weighted by molar-refractivity contribution is 5.78. The Bertz CT molecular complexity index is 784. The molecule has 0 aromatic heterocycles. The molecule has 0 heterocycles. The summed E-state index contributed by atoms with van der Waals surface area (Å²) in [5.41, 5.74) is 0. The zero-order valence-electron chi connectivity index (χ0n) is 39.3. The first-order valence-electron chi connectivity index (χ1n) is 26.6. The van der Waals surface area contributed by atoms with Gasteiger partial charge in [0.1, 0.15) is 5.78 Å². The summed E-state index contributed by atoms with van der Waals surface area (Å²) in [7, 11) is 0. The van der Waals surface area contributed by atoms with Crippen LogP contribution in [0.4, 0.5) is 0 Å². The number of carbonyl (C=O) groups excluding carboxylic acids is 2. The molecule has 0 aromatic rings. The number of hydrogen-bond acceptors (Lipinski definition) is 3. The van der Waals surface area contributed by atoms with Gasteiger partial charge in [-0.15, -0.1) is 0 Å². The number of nitrogens with one attached hydrogen (secondary N) is 1. The molecule has 0 aliphatic carbocycles. The lowest BCUT2D eigenvalue weighted by atomic mass is 10.0. The van der Waals surface area contributed by atoms with Gasteiger partial charge in [0.15, 0.2) is 0 Å². The van der Waals surface area contributed by atoms with Crippen LogP contribution in [0.5, 0.6) is 0 Å². The van der Waals surface area contributed by atoms with Gasteiger partial charge in [0.05, 0.1) is 12.6 Å². The van der Waals surface area contributed by atoms with Gasteiger partial charge in [-0.2, -0.15) is 0 Å². The van der Waals surface area contributed by atoms with Crippen LogP contribution in [-0.2, 0) is 9.59 Å². The number of Topliss-reactive ketones (excluding diaryl/α,β-unsaturated/α-hetero) is 1. The Hall–Kier alpha value is -0.900. The van der Waals surface area contributed by atoms with Crippen LogP contribution in [0.2, 0.25) is 0 Å². The normalized spacial score (nSPS) is 12.1. The molecule has 4 nitrogen and oxygen atoms in total. The van der Waals surface area contributed by atoms with Gasteiger partial charge in [0, 0.05) is 19.3 Å². The van der Waals surface area contributed by atoms with Crippen molar-refractivity contribution in [2.75, 3.05) is 6.61 Å². The highest BCUT2D eigenvalue weighted by Gasteiger charge is 2.11. The van der Waals surface area contributed by atoms with E-state index in [0.717, 1.165) is 51.4 Å². The molecule has 0 saturated carbocycles. The van der Waals surface area contributed by atoms with E-state index in [1.165, 1.54) is 244 Å². The molecule has 0 fully saturated rings. The second-order valence-electron chi connectivity index (χ2n) is 18.5. The monoisotopic (exact) mass is 804 g/mol. The minimum Gasteiger partial charge on any atom is -0.394 e. The van der Waals surface area contributed by atoms with Crippen molar-refractivity contribution in [3.05, 3.63) is 0 Å². The van der Waals surface area contributed by atoms with E-state index in [1.807, 2.05) is 0 Å². The van der Waals surface area contributed by atoms with Crippen LogP contribution in [0.15, 0.2) is 0 Å². The fourth-order valence-corrected chi connectivity index (χ4v) is 8.64. The highest BCUT2D eigenvalue weighted by Crippen LogP contribution is 2.18. The van der Waals surface area contributed by atoms with Crippen molar-refractivity contribution in [2.24, 2.45) is 0 Å². The third-order valence-corrected chi connectivity index (χ3v) is 12.7. The third-order valence-electron chi connectivity index (χ3n) is 12.7. The molecule has 1 atom stereocenters. The predicted octanol–water partition coefficient (Wildman–Crippen LogP) is 17.4. The lowest BCUT2D eigenvalue weighted by molar-refractivity contribution is -0.122. The number of rotatable bonds is 50. The Balaban J connectivity index is 3.35. The predicted molar refractivity (Wildman–Crippen MR) is 252 cm³/mol. The number of ketones is 1. The number of unbranched alkanes of at least 4 members (excludes halogenated alkanes) is 40. The van der Waals surface area contributed by atoms with Crippen LogP contribution < -0.4 is 5.32 Å². The summed E-state index contributed by atoms with van der Waals surface area (Å²) in [5, 5.41) is 12.8. The van der Waals surface area contributed by atoms with Gasteiger partial charge < -0.3 is 10.4 Å². The summed E-state index contributed by atoms with van der Waals surface area (Å²) in [4.78, 5) is 24.7. The number of hydrogen-bond donors (Lipinski definition) is 2. The Kier molecular flexibility index (Phi) is 48.7. The average Bonchev–Trinajstić information content (AvgIpc) is 3.21. The van der Waals surface area contributed by atoms with Crippen LogP contribution in [0.3, 0.4) is 0 Å². The van der Waals surface area contributed by atoms with E-state index < -0.39 is 0 Å². The molecule has 340 valence electrons. The van der Waals surface area contributed by atoms with Gasteiger partial charge in [-0.25, -0.2) is 0 Å². The van der Waals surface area contributed by atoms with Crippen molar-refractivity contribution in [1.29, 1.82) is 0 Å². The second kappa shape index (κ2) is 49.5. The zero-order valence-corrected chi connectivity index (χ0v) is 39.3. The maximum Gasteiger partial charge on any atom is 0.220 e. The van der Waals surface area contributed by atoms with Crippen LogP contribution in [0.1, 0.15) is 316 Å². The summed E-state index contributed by atoms with van der Waals surface area (Å²) >= 11 is 0. The van der Waals surface area contributed by atoms with E-state index in [-0.39, 0.29) is 18.6 Å². The van der Waals surface area contributed by atoms with E-state index in [9.17, 15) is 14.7 Å². The fraction of sp³-hybridized carbons (Fsp3) is 0.962. The van der Waals surface area contributed by atoms with Gasteiger partial charge in [-0.3, -0.25) is 9.59 Å². The molecule has 0 aromatic carbocycles. The topological polar surface area (TPSA) is 66.4 Å². The molecule has 2 N–H and O–H groups in total. The molecule has 0 unspecified atom stereocenters. The van der Waals surface area contributed by atoms with Crippen molar-refractivity contribution >= 4 is 11.7 Å². The molecule has 0 bridgehead atoms. The summed E-state index contributed by atoms with van der Waals surface area (Å²) in [5.74, 6) is 0.621. The lowest BCUT2D eigenvalue weighted by Crippen LogP contribution is -2.37. The Morgan fingerprint density at radius 3 is 0.825 bits per heavy atom. The van der Waals surface area contributed by atoms with E-state index in [1.54, 1.807) is 0 Å². The van der Waals surface area contributed by atoms with Crippen LogP contribution in [0.25, 0.3) is 0 Å². The number of aliphatic hydroxyl groups is 1. The van der Waals surface area contributed by atoms with Crippen molar-refractivity contribution in [1.82, 2.24) is 5.32 Å². The molecule has 0 radical (unpaired) electrons. The van der Waals surface area contributed by atoms with Crippen molar-refractivity contribution < 1.29 is 14.7 Å². The first kappa shape index (κ1) is 56.1. The van der Waals surface area contributed by atoms with Crippen LogP contribution in [-0.4, -0.2) is 29.4 Å². The minimum atomic E-state index is -0.0689. The van der Waals surface area contributed by atoms with Gasteiger partial charge >= 0.3 is 0 Å². The molecule has 57 heavy (non-hydrogen) atoms. The number of carbonyl (C=O) groups is 2. The fourth-order valence-electron chi connectivity index (χ4n) is 8.64. The van der Waals surface area contributed by atoms with Gasteiger partial charge in [-0.1, -0.05) is 271 Å². The van der Waals surface area contributed by atoms with Gasteiger partial charge in [0.25, 0.3) is 0 Å². The first-order chi connectivity index (χ1) is 28.1. The minimum absolute atomic E-state index is 0.0590. The standard InChI is InChI=1S/C53H105NO3/c1-3-5-7-9-11-13-15-17-19-20-21-23-27-31-35-39-43-47-52(56)48-44-40-36-32-28-24-25-29-33-37-41-45-49-53(57)54-51(50-55)46-42-38-34-30-26-22-18-16-14-12-10-8-6-4-2/h51,55H,3-50H2,1-2H3,(H,54,57)/t51-/m1/s1. The smallest absolute Gasteiger partial charge is 0.220 e. The molecule has 0 spiro atoms. The van der Waals surface area contributed by atoms with E-state index in [0.29, 0.717) is 12.2 Å². The molecule has 0 saturated heterocycles. The number of aliphatic hydroxyl groups excluding tert-OH is 1. The van der Waals surface area contributed by atoms with E-state index in [4.69, 9.17) is 0 Å². The molecular weight excluding hydrogens is 699 g/mol. The third kappa shape index (κ3) is 47.7. The van der Waals surface area contributed by atoms with Gasteiger partial charge in [0.2, 0.25) is 5.91 Å². The van der Waals surface area contributed by atoms with E-state index in [2.05, 4.69) is 19.2 Å². The Morgan fingerprint density at radius 1 is 0.333 bits per heavy atom. The van der Waals surface area contributed by atoms with Crippen molar-refractivity contribution in [3.8, 4) is 0 Å². The Labute approximate surface area is 358 Å². The van der Waals surface area contributed by atoms with Gasteiger partial charge in [-0.05, 0) is 25.7 Å². The average molecular weight is 804 g/mol. The lowest BCUT2D eigenvalue weighted by Gasteiger charge is -2.16. The van der Waals surface area contributed by atoms with E-state index >= 15 is 0 Å². The number of amides is 1. The first-order valence-corrected chi connectivity index (χ1v) is 26.6. The second-order valence-corrected chi connectivity index (χ2v) is 18.5. The Morgan fingerprint density at radius 2 is 0.561 bits per heavy atom. The van der Waals surface area contributed by atoms with Crippen molar-refractivity contribution in [3.63, 3.8) is 0 Å². The summed E-state index contributed by atoms with van der Waals surface area (Å²) < 4.78 is 0. The maximum absolute atomic E-state index is 12.4. The summed E-state index contributed by atoms with van der Waals surface area (Å²) in [6, 6.07) is -0.0689. The summed E-state index contributed by atoms with van der Waals surface area (Å²) in [6.07, 6.45) is 60.5. The molecule has 1 amide bonds. The molecule has 0 aliphatic rings. The van der Waals surface area contributed by atoms with Crippen molar-refractivity contribution in [2.45, 2.75) is 322 Å². The highest BCUT2D eigenvalue weighted by atomic mass is 16.3. The molecule has 4 heteroatoms. The molecule has 0 aliphatic heterocycles.